The number of para-hydroxylation sites is 1. The van der Waals surface area contributed by atoms with Crippen LogP contribution in [0.3, 0.4) is 0 Å². The van der Waals surface area contributed by atoms with Gasteiger partial charge in [0.15, 0.2) is 0 Å². The van der Waals surface area contributed by atoms with E-state index in [0.717, 1.165) is 37.2 Å². The summed E-state index contributed by atoms with van der Waals surface area (Å²) in [5.74, 6) is 0.0227. The van der Waals surface area contributed by atoms with Gasteiger partial charge in [-0.3, -0.25) is 4.79 Å². The summed E-state index contributed by atoms with van der Waals surface area (Å²) in [6, 6.07) is 7.90. The van der Waals surface area contributed by atoms with Gasteiger partial charge in [-0.15, -0.1) is 0 Å². The van der Waals surface area contributed by atoms with Crippen LogP contribution in [0, 0.1) is 0 Å². The first-order chi connectivity index (χ1) is 8.70. The molecular formula is C14H21N3O. The van der Waals surface area contributed by atoms with Crippen LogP contribution >= 0.6 is 0 Å². The van der Waals surface area contributed by atoms with E-state index in [1.54, 1.807) is 0 Å². The van der Waals surface area contributed by atoms with Crippen molar-refractivity contribution in [2.75, 3.05) is 32.5 Å². The molecule has 4 nitrogen and oxygen atoms in total. The Morgan fingerprint density at radius 2 is 1.94 bits per heavy atom. The molecule has 0 aliphatic carbocycles. The van der Waals surface area contributed by atoms with E-state index < -0.39 is 0 Å². The molecular weight excluding hydrogens is 226 g/mol. The first-order valence-electron chi connectivity index (χ1n) is 6.47. The number of nitrogens with one attached hydrogen (secondary N) is 2. The van der Waals surface area contributed by atoms with Crippen molar-refractivity contribution in [3.05, 3.63) is 29.8 Å². The predicted molar refractivity (Wildman–Crippen MR) is 74.0 cm³/mol. The maximum absolute atomic E-state index is 12.2. The fraction of sp³-hybridized carbons (Fsp3) is 0.500. The number of anilines is 1. The number of rotatable bonds is 3. The normalized spacial score (nSPS) is 17.4. The lowest BCUT2D eigenvalue weighted by molar-refractivity contribution is 0.0917. The van der Waals surface area contributed by atoms with Crippen LogP contribution in [-0.2, 0) is 0 Å². The van der Waals surface area contributed by atoms with Crippen molar-refractivity contribution in [2.45, 2.75) is 18.9 Å². The number of hydrogen-bond donors (Lipinski definition) is 2. The van der Waals surface area contributed by atoms with Crippen molar-refractivity contribution in [3.63, 3.8) is 0 Å². The van der Waals surface area contributed by atoms with Crippen LogP contribution < -0.4 is 10.6 Å². The molecule has 1 aromatic carbocycles. The van der Waals surface area contributed by atoms with Crippen molar-refractivity contribution < 1.29 is 4.79 Å². The zero-order valence-electron chi connectivity index (χ0n) is 11.1. The van der Waals surface area contributed by atoms with Gasteiger partial charge in [-0.05, 0) is 45.1 Å². The minimum atomic E-state index is 0.0227. The van der Waals surface area contributed by atoms with E-state index in [1.807, 2.05) is 31.3 Å². The van der Waals surface area contributed by atoms with Crippen LogP contribution in [0.4, 0.5) is 5.69 Å². The number of nitrogens with zero attached hydrogens (tertiary/aromatic N) is 1. The predicted octanol–water partition coefficient (Wildman–Crippen LogP) is 1.55. The number of piperidine rings is 1. The Balaban J connectivity index is 1.99. The third-order valence-corrected chi connectivity index (χ3v) is 3.49. The molecule has 0 unspecified atom stereocenters. The standard InChI is InChI=1S/C14H21N3O/c1-15-13-6-4-3-5-12(13)14(18)16-11-7-9-17(2)10-8-11/h3-6,11,15H,7-10H2,1-2H3,(H,16,18). The van der Waals surface area contributed by atoms with E-state index in [2.05, 4.69) is 22.6 Å². The molecule has 1 amide bonds. The minimum Gasteiger partial charge on any atom is -0.387 e. The molecule has 1 saturated heterocycles. The highest BCUT2D eigenvalue weighted by atomic mass is 16.1. The van der Waals surface area contributed by atoms with Crippen LogP contribution in [0.2, 0.25) is 0 Å². The average molecular weight is 247 g/mol. The Morgan fingerprint density at radius 1 is 1.28 bits per heavy atom. The van der Waals surface area contributed by atoms with Gasteiger partial charge >= 0.3 is 0 Å². The molecule has 1 aliphatic rings. The Bertz CT molecular complexity index is 411. The first kappa shape index (κ1) is 12.9. The summed E-state index contributed by atoms with van der Waals surface area (Å²) in [5, 5.41) is 6.18. The van der Waals surface area contributed by atoms with Gasteiger partial charge in [-0.2, -0.15) is 0 Å². The minimum absolute atomic E-state index is 0.0227. The molecule has 2 N–H and O–H groups in total. The van der Waals surface area contributed by atoms with Gasteiger partial charge in [-0.1, -0.05) is 12.1 Å². The molecule has 2 rings (SSSR count). The molecule has 98 valence electrons. The Kier molecular flexibility index (Phi) is 4.20. The largest absolute Gasteiger partial charge is 0.387 e. The topological polar surface area (TPSA) is 44.4 Å². The maximum Gasteiger partial charge on any atom is 0.253 e. The van der Waals surface area contributed by atoms with Crippen LogP contribution in [-0.4, -0.2) is 44.0 Å². The molecule has 0 radical (unpaired) electrons. The van der Waals surface area contributed by atoms with E-state index in [-0.39, 0.29) is 5.91 Å². The third kappa shape index (κ3) is 3.01. The monoisotopic (exact) mass is 247 g/mol. The third-order valence-electron chi connectivity index (χ3n) is 3.49. The molecule has 1 aromatic rings. The quantitative estimate of drug-likeness (QED) is 0.852. The second kappa shape index (κ2) is 5.87. The van der Waals surface area contributed by atoms with Crippen molar-refractivity contribution in [1.82, 2.24) is 10.2 Å². The Morgan fingerprint density at radius 3 is 2.61 bits per heavy atom. The molecule has 18 heavy (non-hydrogen) atoms. The van der Waals surface area contributed by atoms with Gasteiger partial charge < -0.3 is 15.5 Å². The summed E-state index contributed by atoms with van der Waals surface area (Å²) in [7, 11) is 3.95. The molecule has 0 bridgehead atoms. The fourth-order valence-electron chi connectivity index (χ4n) is 2.32. The number of benzene rings is 1. The van der Waals surface area contributed by atoms with Gasteiger partial charge in [0, 0.05) is 18.8 Å². The van der Waals surface area contributed by atoms with Gasteiger partial charge in [0.2, 0.25) is 0 Å². The van der Waals surface area contributed by atoms with E-state index in [4.69, 9.17) is 0 Å². The molecule has 0 saturated carbocycles. The first-order valence-corrected chi connectivity index (χ1v) is 6.47. The SMILES string of the molecule is CNc1ccccc1C(=O)NC1CCN(C)CC1. The molecule has 4 heteroatoms. The van der Waals surface area contributed by atoms with Gasteiger partial charge in [0.1, 0.15) is 0 Å². The van der Waals surface area contributed by atoms with Crippen molar-refractivity contribution >= 4 is 11.6 Å². The van der Waals surface area contributed by atoms with Crippen molar-refractivity contribution in [1.29, 1.82) is 0 Å². The van der Waals surface area contributed by atoms with Gasteiger partial charge in [0.05, 0.1) is 5.56 Å². The van der Waals surface area contributed by atoms with Crippen LogP contribution in [0.25, 0.3) is 0 Å². The summed E-state index contributed by atoms with van der Waals surface area (Å²) < 4.78 is 0. The molecule has 1 aliphatic heterocycles. The summed E-state index contributed by atoms with van der Waals surface area (Å²) in [6.45, 7) is 2.11. The molecule has 1 fully saturated rings. The molecule has 0 aromatic heterocycles. The fourth-order valence-corrected chi connectivity index (χ4v) is 2.32. The molecule has 0 spiro atoms. The lowest BCUT2D eigenvalue weighted by atomic mass is 10.0. The zero-order valence-corrected chi connectivity index (χ0v) is 11.1. The van der Waals surface area contributed by atoms with E-state index in [0.29, 0.717) is 6.04 Å². The maximum atomic E-state index is 12.2. The second-order valence-corrected chi connectivity index (χ2v) is 4.85. The second-order valence-electron chi connectivity index (χ2n) is 4.85. The van der Waals surface area contributed by atoms with Crippen molar-refractivity contribution in [3.8, 4) is 0 Å². The zero-order chi connectivity index (χ0) is 13.0. The van der Waals surface area contributed by atoms with E-state index >= 15 is 0 Å². The number of carbonyl (C=O) groups is 1. The van der Waals surface area contributed by atoms with E-state index in [1.165, 1.54) is 0 Å². The van der Waals surface area contributed by atoms with Crippen LogP contribution in [0.1, 0.15) is 23.2 Å². The summed E-state index contributed by atoms with van der Waals surface area (Å²) in [6.07, 6.45) is 2.06. The smallest absolute Gasteiger partial charge is 0.253 e. The summed E-state index contributed by atoms with van der Waals surface area (Å²) in [5.41, 5.74) is 1.60. The van der Waals surface area contributed by atoms with Crippen LogP contribution in [0.15, 0.2) is 24.3 Å². The molecule has 1 heterocycles. The Labute approximate surface area is 108 Å². The number of amides is 1. The van der Waals surface area contributed by atoms with Crippen molar-refractivity contribution in [2.24, 2.45) is 0 Å². The lowest BCUT2D eigenvalue weighted by Gasteiger charge is -2.29. The summed E-state index contributed by atoms with van der Waals surface area (Å²) in [4.78, 5) is 14.5. The highest BCUT2D eigenvalue weighted by molar-refractivity contribution is 5.99. The summed E-state index contributed by atoms with van der Waals surface area (Å²) >= 11 is 0. The number of hydrogen-bond acceptors (Lipinski definition) is 3. The lowest BCUT2D eigenvalue weighted by Crippen LogP contribution is -2.43. The van der Waals surface area contributed by atoms with Crippen LogP contribution in [0.5, 0.6) is 0 Å². The van der Waals surface area contributed by atoms with Gasteiger partial charge in [-0.25, -0.2) is 0 Å². The highest BCUT2D eigenvalue weighted by Gasteiger charge is 2.19. The number of likely N-dealkylation sites (tertiary alicyclic amines) is 1. The Hall–Kier alpha value is -1.55. The average Bonchev–Trinajstić information content (AvgIpc) is 2.41. The van der Waals surface area contributed by atoms with E-state index in [9.17, 15) is 4.79 Å². The molecule has 0 atom stereocenters. The van der Waals surface area contributed by atoms with Gasteiger partial charge in [0.25, 0.3) is 5.91 Å². The highest BCUT2D eigenvalue weighted by Crippen LogP contribution is 2.15. The number of carbonyl (C=O) groups excluding carboxylic acids is 1.